The zero-order valence-electron chi connectivity index (χ0n) is 9.69. The third kappa shape index (κ3) is 2.57. The van der Waals surface area contributed by atoms with Crippen molar-refractivity contribution in [2.24, 2.45) is 0 Å². The number of benzene rings is 1. The number of halogens is 2. The van der Waals surface area contributed by atoms with Crippen LogP contribution in [0.25, 0.3) is 0 Å². The second-order valence-electron chi connectivity index (χ2n) is 3.79. The van der Waals surface area contributed by atoms with E-state index >= 15 is 0 Å². The van der Waals surface area contributed by atoms with Gasteiger partial charge in [0.05, 0.1) is 17.8 Å². The van der Waals surface area contributed by atoms with Crippen LogP contribution in [0.15, 0.2) is 39.4 Å². The third-order valence-corrected chi connectivity index (χ3v) is 3.28. The molecule has 2 rings (SSSR count). The number of ether oxygens (including phenoxy) is 1. The molecule has 1 aromatic heterocycles. The van der Waals surface area contributed by atoms with E-state index in [9.17, 15) is 9.50 Å². The van der Waals surface area contributed by atoms with Gasteiger partial charge in [-0.2, -0.15) is 0 Å². The van der Waals surface area contributed by atoms with Crippen molar-refractivity contribution in [2.45, 2.75) is 12.5 Å². The first kappa shape index (κ1) is 13.1. The molecule has 0 aliphatic carbocycles. The molecule has 0 radical (unpaired) electrons. The van der Waals surface area contributed by atoms with E-state index in [0.717, 1.165) is 0 Å². The summed E-state index contributed by atoms with van der Waals surface area (Å²) in [6.07, 6.45) is 0.677. The monoisotopic (exact) mass is 314 g/mol. The number of hydrogen-bond acceptors (Lipinski definition) is 3. The molecule has 0 saturated carbocycles. The van der Waals surface area contributed by atoms with Crippen LogP contribution >= 0.6 is 15.9 Å². The highest BCUT2D eigenvalue weighted by molar-refractivity contribution is 9.10. The Morgan fingerprint density at radius 1 is 1.44 bits per heavy atom. The van der Waals surface area contributed by atoms with E-state index in [0.29, 0.717) is 15.8 Å². The van der Waals surface area contributed by atoms with Crippen molar-refractivity contribution < 1.29 is 18.7 Å². The maximum absolute atomic E-state index is 13.9. The molecule has 18 heavy (non-hydrogen) atoms. The first-order valence-electron chi connectivity index (χ1n) is 5.35. The topological polar surface area (TPSA) is 42.6 Å². The molecule has 2 aromatic rings. The van der Waals surface area contributed by atoms with Gasteiger partial charge in [-0.3, -0.25) is 0 Å². The fourth-order valence-corrected chi connectivity index (χ4v) is 2.18. The first-order chi connectivity index (χ1) is 8.63. The van der Waals surface area contributed by atoms with Gasteiger partial charge in [-0.15, -0.1) is 0 Å². The lowest BCUT2D eigenvalue weighted by Gasteiger charge is -2.11. The Bertz CT molecular complexity index is 539. The maximum Gasteiger partial charge on any atom is 0.168 e. The van der Waals surface area contributed by atoms with Crippen LogP contribution in [0.2, 0.25) is 0 Å². The third-order valence-electron chi connectivity index (χ3n) is 2.62. The molecule has 1 N–H and O–H groups in total. The lowest BCUT2D eigenvalue weighted by atomic mass is 10.1. The predicted molar refractivity (Wildman–Crippen MR) is 68.0 cm³/mol. The standard InChI is InChI=1S/C13H12BrFO3/c1-17-11-4-2-3-8(12(11)15)7-10(16)13-9(14)5-6-18-13/h2-6,10,16H,7H2,1H3. The molecule has 0 fully saturated rings. The molecular weight excluding hydrogens is 303 g/mol. The normalized spacial score (nSPS) is 12.4. The van der Waals surface area contributed by atoms with E-state index < -0.39 is 11.9 Å². The van der Waals surface area contributed by atoms with E-state index in [4.69, 9.17) is 9.15 Å². The van der Waals surface area contributed by atoms with Crippen LogP contribution in [0.5, 0.6) is 5.75 Å². The molecule has 96 valence electrons. The van der Waals surface area contributed by atoms with E-state index in [1.165, 1.54) is 19.4 Å². The number of hydrogen-bond donors (Lipinski definition) is 1. The van der Waals surface area contributed by atoms with Crippen LogP contribution < -0.4 is 4.74 Å². The minimum absolute atomic E-state index is 0.120. The Kier molecular flexibility index (Phi) is 4.04. The molecule has 0 spiro atoms. The SMILES string of the molecule is COc1cccc(CC(O)c2occc2Br)c1F. The highest BCUT2D eigenvalue weighted by atomic mass is 79.9. The molecule has 3 nitrogen and oxygen atoms in total. The van der Waals surface area contributed by atoms with Crippen LogP contribution in [-0.2, 0) is 6.42 Å². The van der Waals surface area contributed by atoms with Gasteiger partial charge in [-0.05, 0) is 33.6 Å². The molecule has 0 aliphatic heterocycles. The van der Waals surface area contributed by atoms with Gasteiger partial charge in [-0.1, -0.05) is 12.1 Å². The smallest absolute Gasteiger partial charge is 0.168 e. The summed E-state index contributed by atoms with van der Waals surface area (Å²) in [6, 6.07) is 6.51. The molecule has 1 atom stereocenters. The van der Waals surface area contributed by atoms with Gasteiger partial charge >= 0.3 is 0 Å². The van der Waals surface area contributed by atoms with Gasteiger partial charge in [0.2, 0.25) is 0 Å². The average molecular weight is 315 g/mol. The van der Waals surface area contributed by atoms with Gasteiger partial charge in [-0.25, -0.2) is 4.39 Å². The fraction of sp³-hybridized carbons (Fsp3) is 0.231. The van der Waals surface area contributed by atoms with Crippen molar-refractivity contribution in [2.75, 3.05) is 7.11 Å². The van der Waals surface area contributed by atoms with Gasteiger partial charge in [0.1, 0.15) is 11.9 Å². The maximum atomic E-state index is 13.9. The number of furan rings is 1. The van der Waals surface area contributed by atoms with Gasteiger partial charge in [0, 0.05) is 6.42 Å². The number of rotatable bonds is 4. The molecule has 0 bridgehead atoms. The lowest BCUT2D eigenvalue weighted by molar-refractivity contribution is 0.148. The van der Waals surface area contributed by atoms with Gasteiger partial charge in [0.15, 0.2) is 11.6 Å². The van der Waals surface area contributed by atoms with Crippen molar-refractivity contribution in [3.8, 4) is 5.75 Å². The molecule has 0 aliphatic rings. The van der Waals surface area contributed by atoms with E-state index in [2.05, 4.69) is 15.9 Å². The fourth-order valence-electron chi connectivity index (χ4n) is 1.72. The van der Waals surface area contributed by atoms with Crippen molar-refractivity contribution in [1.82, 2.24) is 0 Å². The summed E-state index contributed by atoms with van der Waals surface area (Å²) < 4.78 is 24.6. The predicted octanol–water partition coefficient (Wildman–Crippen LogP) is 3.47. The van der Waals surface area contributed by atoms with E-state index in [1.807, 2.05) is 0 Å². The highest BCUT2D eigenvalue weighted by Crippen LogP contribution is 2.29. The van der Waals surface area contributed by atoms with Crippen molar-refractivity contribution in [3.05, 3.63) is 52.1 Å². The van der Waals surface area contributed by atoms with Crippen LogP contribution in [0.3, 0.4) is 0 Å². The Morgan fingerprint density at radius 2 is 2.22 bits per heavy atom. The first-order valence-corrected chi connectivity index (χ1v) is 6.15. The molecule has 1 aromatic carbocycles. The van der Waals surface area contributed by atoms with Crippen LogP contribution in [0, 0.1) is 5.82 Å². The Morgan fingerprint density at radius 3 is 2.83 bits per heavy atom. The zero-order valence-corrected chi connectivity index (χ0v) is 11.3. The number of methoxy groups -OCH3 is 1. The number of aliphatic hydroxyl groups excluding tert-OH is 1. The summed E-state index contributed by atoms with van der Waals surface area (Å²) in [4.78, 5) is 0. The summed E-state index contributed by atoms with van der Waals surface area (Å²) >= 11 is 3.25. The molecule has 1 unspecified atom stereocenters. The summed E-state index contributed by atoms with van der Waals surface area (Å²) in [5.74, 6) is 0.0946. The largest absolute Gasteiger partial charge is 0.494 e. The molecule has 1 heterocycles. The molecular formula is C13H12BrFO3. The van der Waals surface area contributed by atoms with Gasteiger partial charge in [0.25, 0.3) is 0 Å². The van der Waals surface area contributed by atoms with Crippen molar-refractivity contribution in [1.29, 1.82) is 0 Å². The Labute approximate surface area is 112 Å². The van der Waals surface area contributed by atoms with Crippen LogP contribution in [0.4, 0.5) is 4.39 Å². The highest BCUT2D eigenvalue weighted by Gasteiger charge is 2.18. The minimum Gasteiger partial charge on any atom is -0.494 e. The molecule has 0 amide bonds. The second kappa shape index (κ2) is 5.54. The molecule has 0 saturated heterocycles. The quantitative estimate of drug-likeness (QED) is 0.939. The van der Waals surface area contributed by atoms with Crippen molar-refractivity contribution >= 4 is 15.9 Å². The van der Waals surface area contributed by atoms with Gasteiger partial charge < -0.3 is 14.3 Å². The summed E-state index contributed by atoms with van der Waals surface area (Å²) in [7, 11) is 1.40. The van der Waals surface area contributed by atoms with Crippen molar-refractivity contribution in [3.63, 3.8) is 0 Å². The van der Waals surface area contributed by atoms with Crippen LogP contribution in [0.1, 0.15) is 17.4 Å². The molecule has 5 heteroatoms. The minimum atomic E-state index is -0.906. The van der Waals surface area contributed by atoms with Crippen LogP contribution in [-0.4, -0.2) is 12.2 Å². The van der Waals surface area contributed by atoms with E-state index in [-0.39, 0.29) is 12.2 Å². The Balaban J connectivity index is 2.22. The van der Waals surface area contributed by atoms with E-state index in [1.54, 1.807) is 18.2 Å². The zero-order chi connectivity index (χ0) is 13.1. The summed E-state index contributed by atoms with van der Waals surface area (Å²) in [5.41, 5.74) is 0.380. The number of aliphatic hydroxyl groups is 1. The summed E-state index contributed by atoms with van der Waals surface area (Å²) in [6.45, 7) is 0. The second-order valence-corrected chi connectivity index (χ2v) is 4.64. The Hall–Kier alpha value is -1.33. The summed E-state index contributed by atoms with van der Waals surface area (Å²) in [5, 5.41) is 10.0. The lowest BCUT2D eigenvalue weighted by Crippen LogP contribution is -2.04. The average Bonchev–Trinajstić information content (AvgIpc) is 2.78.